The second kappa shape index (κ2) is 5.88. The number of rotatable bonds is 4. The van der Waals surface area contributed by atoms with Crippen LogP contribution < -0.4 is 5.32 Å². The number of carbonyl (C=O) groups excluding carboxylic acids is 1. The first-order valence-corrected chi connectivity index (χ1v) is 6.81. The summed E-state index contributed by atoms with van der Waals surface area (Å²) in [6, 6.07) is 7.46. The topological polar surface area (TPSA) is 67.0 Å². The molecule has 104 valence electrons. The molecule has 2 aromatic rings. The summed E-state index contributed by atoms with van der Waals surface area (Å²) in [5.74, 6) is -0.0586. The summed E-state index contributed by atoms with van der Waals surface area (Å²) < 4.78 is 5.48. The lowest BCUT2D eigenvalue weighted by Gasteiger charge is -2.10. The first kappa shape index (κ1) is 12.9. The molecular formula is C15H17N3O2. The molecule has 0 spiro atoms. The van der Waals surface area contributed by atoms with Crippen molar-refractivity contribution in [1.82, 2.24) is 15.3 Å². The number of hydrogen-bond acceptors (Lipinski definition) is 3. The van der Waals surface area contributed by atoms with Crippen molar-refractivity contribution in [2.24, 2.45) is 0 Å². The van der Waals surface area contributed by atoms with Gasteiger partial charge in [0.1, 0.15) is 0 Å². The van der Waals surface area contributed by atoms with E-state index in [0.717, 1.165) is 30.7 Å². The summed E-state index contributed by atoms with van der Waals surface area (Å²) in [5, 5.41) is 2.91. The molecule has 0 radical (unpaired) electrons. The minimum atomic E-state index is -0.0586. The van der Waals surface area contributed by atoms with Crippen LogP contribution in [0.5, 0.6) is 0 Å². The maximum absolute atomic E-state index is 12.0. The number of hydrogen-bond donors (Lipinski definition) is 2. The molecule has 1 amide bonds. The average molecular weight is 271 g/mol. The standard InChI is InChI=1S/C15H17N3O2/c19-15(17-8-13-2-1-7-20-13)12-5-3-11(4-6-12)14-9-16-10-18-14/h3-6,9-10,13H,1-2,7-8H2,(H,16,18)(H,17,19)/t13-/m1/s1. The van der Waals surface area contributed by atoms with E-state index >= 15 is 0 Å². The molecule has 1 aromatic heterocycles. The molecule has 0 saturated carbocycles. The van der Waals surface area contributed by atoms with Gasteiger partial charge in [0.05, 0.1) is 24.3 Å². The largest absolute Gasteiger partial charge is 0.376 e. The molecule has 2 heterocycles. The second-order valence-electron chi connectivity index (χ2n) is 4.89. The number of nitrogens with one attached hydrogen (secondary N) is 2. The fourth-order valence-corrected chi connectivity index (χ4v) is 2.33. The Kier molecular flexibility index (Phi) is 3.78. The van der Waals surface area contributed by atoms with Gasteiger partial charge in [-0.1, -0.05) is 12.1 Å². The van der Waals surface area contributed by atoms with E-state index < -0.39 is 0 Å². The highest BCUT2D eigenvalue weighted by atomic mass is 16.5. The van der Waals surface area contributed by atoms with E-state index in [1.165, 1.54) is 0 Å². The van der Waals surface area contributed by atoms with Gasteiger partial charge in [-0.05, 0) is 30.5 Å². The molecule has 1 saturated heterocycles. The molecule has 0 bridgehead atoms. The van der Waals surface area contributed by atoms with E-state index in [1.807, 2.05) is 24.3 Å². The molecular weight excluding hydrogens is 254 g/mol. The van der Waals surface area contributed by atoms with Gasteiger partial charge in [-0.25, -0.2) is 4.98 Å². The van der Waals surface area contributed by atoms with Crippen LogP contribution in [-0.4, -0.2) is 35.1 Å². The van der Waals surface area contributed by atoms with Crippen LogP contribution in [0.4, 0.5) is 0 Å². The van der Waals surface area contributed by atoms with Crippen molar-refractivity contribution in [2.45, 2.75) is 18.9 Å². The van der Waals surface area contributed by atoms with Crippen molar-refractivity contribution in [3.05, 3.63) is 42.4 Å². The number of ether oxygens (including phenoxy) is 1. The van der Waals surface area contributed by atoms with Crippen molar-refractivity contribution in [3.63, 3.8) is 0 Å². The quantitative estimate of drug-likeness (QED) is 0.893. The lowest BCUT2D eigenvalue weighted by atomic mass is 10.1. The first-order chi connectivity index (χ1) is 9.83. The van der Waals surface area contributed by atoms with E-state index in [1.54, 1.807) is 12.5 Å². The summed E-state index contributed by atoms with van der Waals surface area (Å²) >= 11 is 0. The molecule has 0 aliphatic carbocycles. The zero-order valence-electron chi connectivity index (χ0n) is 11.1. The maximum atomic E-state index is 12.0. The Morgan fingerprint density at radius 3 is 2.90 bits per heavy atom. The predicted octanol–water partition coefficient (Wildman–Crippen LogP) is 1.99. The lowest BCUT2D eigenvalue weighted by Crippen LogP contribution is -2.31. The predicted molar refractivity (Wildman–Crippen MR) is 75.3 cm³/mol. The van der Waals surface area contributed by atoms with Gasteiger partial charge in [0.15, 0.2) is 0 Å². The molecule has 5 heteroatoms. The minimum absolute atomic E-state index is 0.0586. The van der Waals surface area contributed by atoms with Gasteiger partial charge in [0.25, 0.3) is 5.91 Å². The Balaban J connectivity index is 1.60. The summed E-state index contributed by atoms with van der Waals surface area (Å²) in [7, 11) is 0. The van der Waals surface area contributed by atoms with Crippen molar-refractivity contribution in [3.8, 4) is 11.3 Å². The third kappa shape index (κ3) is 2.88. The third-order valence-corrected chi connectivity index (χ3v) is 3.47. The van der Waals surface area contributed by atoms with Crippen molar-refractivity contribution < 1.29 is 9.53 Å². The van der Waals surface area contributed by atoms with Gasteiger partial charge in [0.2, 0.25) is 0 Å². The van der Waals surface area contributed by atoms with Crippen LogP contribution in [0.3, 0.4) is 0 Å². The molecule has 2 N–H and O–H groups in total. The SMILES string of the molecule is O=C(NC[C@H]1CCCO1)c1ccc(-c2cnc[nH]2)cc1. The van der Waals surface area contributed by atoms with Crippen LogP contribution in [0.15, 0.2) is 36.8 Å². The number of aromatic nitrogens is 2. The van der Waals surface area contributed by atoms with Crippen LogP contribution in [0.2, 0.25) is 0 Å². The fraction of sp³-hybridized carbons (Fsp3) is 0.333. The number of aromatic amines is 1. The highest BCUT2D eigenvalue weighted by Gasteiger charge is 2.16. The minimum Gasteiger partial charge on any atom is -0.376 e. The molecule has 1 atom stereocenters. The van der Waals surface area contributed by atoms with Gasteiger partial charge in [-0.2, -0.15) is 0 Å². The summed E-state index contributed by atoms with van der Waals surface area (Å²) in [6.45, 7) is 1.39. The van der Waals surface area contributed by atoms with Gasteiger partial charge >= 0.3 is 0 Å². The Labute approximate surface area is 117 Å². The molecule has 1 aliphatic heterocycles. The molecule has 3 rings (SSSR count). The van der Waals surface area contributed by atoms with E-state index in [4.69, 9.17) is 4.74 Å². The monoisotopic (exact) mass is 271 g/mol. The first-order valence-electron chi connectivity index (χ1n) is 6.81. The summed E-state index contributed by atoms with van der Waals surface area (Å²) in [4.78, 5) is 19.0. The molecule has 1 aliphatic rings. The Morgan fingerprint density at radius 1 is 1.40 bits per heavy atom. The Hall–Kier alpha value is -2.14. The third-order valence-electron chi connectivity index (χ3n) is 3.47. The number of H-pyrrole nitrogens is 1. The van der Waals surface area contributed by atoms with Crippen LogP contribution >= 0.6 is 0 Å². The number of amides is 1. The van der Waals surface area contributed by atoms with Crippen molar-refractivity contribution in [1.29, 1.82) is 0 Å². The lowest BCUT2D eigenvalue weighted by molar-refractivity contribution is 0.0858. The van der Waals surface area contributed by atoms with Gasteiger partial charge < -0.3 is 15.0 Å². The van der Waals surface area contributed by atoms with Crippen molar-refractivity contribution >= 4 is 5.91 Å². The smallest absolute Gasteiger partial charge is 0.251 e. The zero-order chi connectivity index (χ0) is 13.8. The normalized spacial score (nSPS) is 18.1. The van der Waals surface area contributed by atoms with Crippen molar-refractivity contribution in [2.75, 3.05) is 13.2 Å². The Bertz CT molecular complexity index is 557. The van der Waals surface area contributed by atoms with Gasteiger partial charge in [-0.15, -0.1) is 0 Å². The van der Waals surface area contributed by atoms with Gasteiger partial charge in [0, 0.05) is 18.7 Å². The molecule has 1 aromatic carbocycles. The average Bonchev–Trinajstić information content (AvgIpc) is 3.18. The maximum Gasteiger partial charge on any atom is 0.251 e. The summed E-state index contributed by atoms with van der Waals surface area (Å²) in [6.07, 6.45) is 5.67. The second-order valence-corrected chi connectivity index (χ2v) is 4.89. The zero-order valence-corrected chi connectivity index (χ0v) is 11.1. The van der Waals surface area contributed by atoms with Crippen LogP contribution in [0.25, 0.3) is 11.3 Å². The van der Waals surface area contributed by atoms with E-state index in [-0.39, 0.29) is 12.0 Å². The van der Waals surface area contributed by atoms with E-state index in [9.17, 15) is 4.79 Å². The van der Waals surface area contributed by atoms with Gasteiger partial charge in [-0.3, -0.25) is 4.79 Å². The molecule has 5 nitrogen and oxygen atoms in total. The highest BCUT2D eigenvalue weighted by Crippen LogP contribution is 2.16. The van der Waals surface area contributed by atoms with E-state index in [2.05, 4.69) is 15.3 Å². The van der Waals surface area contributed by atoms with Crippen LogP contribution in [0.1, 0.15) is 23.2 Å². The summed E-state index contributed by atoms with van der Waals surface area (Å²) in [5.41, 5.74) is 2.61. The molecule has 1 fully saturated rings. The molecule has 0 unspecified atom stereocenters. The fourth-order valence-electron chi connectivity index (χ4n) is 2.33. The van der Waals surface area contributed by atoms with Crippen LogP contribution in [-0.2, 0) is 4.74 Å². The number of nitrogens with zero attached hydrogens (tertiary/aromatic N) is 1. The molecule has 20 heavy (non-hydrogen) atoms. The van der Waals surface area contributed by atoms with Crippen LogP contribution in [0, 0.1) is 0 Å². The number of benzene rings is 1. The van der Waals surface area contributed by atoms with E-state index in [0.29, 0.717) is 12.1 Å². The Morgan fingerprint density at radius 2 is 2.25 bits per heavy atom. The number of imidazole rings is 1. The highest BCUT2D eigenvalue weighted by molar-refractivity contribution is 5.94. The number of carbonyl (C=O) groups is 1.